The van der Waals surface area contributed by atoms with Crippen LogP contribution in [0.3, 0.4) is 0 Å². The summed E-state index contributed by atoms with van der Waals surface area (Å²) in [6.45, 7) is 0. The summed E-state index contributed by atoms with van der Waals surface area (Å²) in [5.74, 6) is 0. The molecule has 1 aromatic carbocycles. The van der Waals surface area contributed by atoms with Crippen molar-refractivity contribution in [2.75, 3.05) is 0 Å². The van der Waals surface area contributed by atoms with Gasteiger partial charge >= 0.3 is 0 Å². The van der Waals surface area contributed by atoms with Gasteiger partial charge in [0.05, 0.1) is 11.6 Å². The maximum atomic E-state index is 4.55. The Morgan fingerprint density at radius 1 is 1.23 bits per heavy atom. The lowest BCUT2D eigenvalue weighted by atomic mass is 9.93. The summed E-state index contributed by atoms with van der Waals surface area (Å²) in [5, 5.41) is 5.81. The van der Waals surface area contributed by atoms with Gasteiger partial charge in [0.2, 0.25) is 0 Å². The van der Waals surface area contributed by atoms with Crippen molar-refractivity contribution < 1.29 is 0 Å². The fraction of sp³-hybridized carbons (Fsp3) is 0.364. The molecule has 0 N–H and O–H groups in total. The van der Waals surface area contributed by atoms with Gasteiger partial charge < -0.3 is 0 Å². The fourth-order valence-electron chi connectivity index (χ4n) is 1.82. The molecule has 0 amide bonds. The summed E-state index contributed by atoms with van der Waals surface area (Å²) in [4.78, 5) is 0. The van der Waals surface area contributed by atoms with Crippen LogP contribution in [0.1, 0.15) is 25.3 Å². The van der Waals surface area contributed by atoms with Gasteiger partial charge in [0.1, 0.15) is 0 Å². The van der Waals surface area contributed by atoms with Gasteiger partial charge in [0, 0.05) is 11.6 Å². The maximum Gasteiger partial charge on any atom is 0.0923 e. The molecule has 2 nitrogen and oxygen atoms in total. The highest BCUT2D eigenvalue weighted by Crippen LogP contribution is 2.31. The average molecular weight is 172 g/mol. The van der Waals surface area contributed by atoms with Crippen molar-refractivity contribution in [1.29, 1.82) is 0 Å². The third-order valence-corrected chi connectivity index (χ3v) is 2.88. The molecule has 1 aromatic heterocycles. The summed E-state index contributed by atoms with van der Waals surface area (Å²) >= 11 is 0. The van der Waals surface area contributed by atoms with Gasteiger partial charge in [-0.05, 0) is 25.3 Å². The van der Waals surface area contributed by atoms with Crippen LogP contribution >= 0.6 is 0 Å². The van der Waals surface area contributed by atoms with Crippen molar-refractivity contribution in [3.63, 3.8) is 0 Å². The molecule has 1 aliphatic carbocycles. The van der Waals surface area contributed by atoms with E-state index in [2.05, 4.69) is 34.2 Å². The highest BCUT2D eigenvalue weighted by Gasteiger charge is 2.19. The monoisotopic (exact) mass is 172 g/mol. The van der Waals surface area contributed by atoms with Crippen LogP contribution in [0.4, 0.5) is 0 Å². The van der Waals surface area contributed by atoms with E-state index in [1.165, 1.54) is 24.6 Å². The number of fused-ring (bicyclic) bond motifs is 1. The molecule has 3 rings (SSSR count). The summed E-state index contributed by atoms with van der Waals surface area (Å²) in [6, 6.07) is 8.98. The van der Waals surface area contributed by atoms with E-state index in [1.54, 1.807) is 0 Å². The van der Waals surface area contributed by atoms with Crippen molar-refractivity contribution in [3.05, 3.63) is 30.5 Å². The van der Waals surface area contributed by atoms with Crippen molar-refractivity contribution in [2.45, 2.75) is 25.3 Å². The van der Waals surface area contributed by atoms with Crippen molar-refractivity contribution in [3.8, 4) is 0 Å². The molecular formula is C11H12N2. The zero-order chi connectivity index (χ0) is 8.67. The Labute approximate surface area is 77.2 Å². The lowest BCUT2D eigenvalue weighted by Gasteiger charge is -2.25. The van der Waals surface area contributed by atoms with E-state index in [-0.39, 0.29) is 0 Å². The lowest BCUT2D eigenvalue weighted by molar-refractivity contribution is 0.291. The number of hydrogen-bond donors (Lipinski definition) is 0. The van der Waals surface area contributed by atoms with Crippen LogP contribution in [-0.4, -0.2) is 9.78 Å². The SMILES string of the molecule is c1ccc2nn(C3CCC3)cc2c1. The van der Waals surface area contributed by atoms with E-state index >= 15 is 0 Å². The first-order valence-corrected chi connectivity index (χ1v) is 4.87. The van der Waals surface area contributed by atoms with Crippen molar-refractivity contribution in [2.24, 2.45) is 0 Å². The zero-order valence-electron chi connectivity index (χ0n) is 7.48. The molecule has 0 bridgehead atoms. The number of rotatable bonds is 1. The number of aromatic nitrogens is 2. The summed E-state index contributed by atoms with van der Waals surface area (Å²) < 4.78 is 2.13. The smallest absolute Gasteiger partial charge is 0.0923 e. The first kappa shape index (κ1) is 7.13. The molecule has 1 fully saturated rings. The van der Waals surface area contributed by atoms with Gasteiger partial charge in [-0.15, -0.1) is 0 Å². The Balaban J connectivity index is 2.10. The predicted molar refractivity (Wildman–Crippen MR) is 52.6 cm³/mol. The van der Waals surface area contributed by atoms with Crippen LogP contribution in [-0.2, 0) is 0 Å². The molecule has 0 unspecified atom stereocenters. The van der Waals surface area contributed by atoms with Crippen LogP contribution < -0.4 is 0 Å². The molecule has 1 saturated carbocycles. The van der Waals surface area contributed by atoms with E-state index in [1.807, 2.05) is 6.07 Å². The molecule has 1 heterocycles. The molecular weight excluding hydrogens is 160 g/mol. The van der Waals surface area contributed by atoms with E-state index in [9.17, 15) is 0 Å². The topological polar surface area (TPSA) is 17.8 Å². The van der Waals surface area contributed by atoms with Gasteiger partial charge in [-0.3, -0.25) is 4.68 Å². The molecule has 66 valence electrons. The molecule has 0 aliphatic heterocycles. The van der Waals surface area contributed by atoms with Gasteiger partial charge in [-0.25, -0.2) is 0 Å². The Morgan fingerprint density at radius 2 is 2.08 bits per heavy atom. The maximum absolute atomic E-state index is 4.55. The summed E-state index contributed by atoms with van der Waals surface area (Å²) in [6.07, 6.45) is 6.13. The second-order valence-electron chi connectivity index (χ2n) is 3.75. The van der Waals surface area contributed by atoms with E-state index in [4.69, 9.17) is 0 Å². The van der Waals surface area contributed by atoms with E-state index in [0.717, 1.165) is 5.52 Å². The van der Waals surface area contributed by atoms with E-state index in [0.29, 0.717) is 6.04 Å². The summed E-state index contributed by atoms with van der Waals surface area (Å²) in [5.41, 5.74) is 1.12. The Hall–Kier alpha value is -1.31. The molecule has 2 aromatic rings. The largest absolute Gasteiger partial charge is 0.268 e. The third kappa shape index (κ3) is 1.05. The first-order chi connectivity index (χ1) is 6.43. The first-order valence-electron chi connectivity index (χ1n) is 4.87. The minimum absolute atomic E-state index is 0.674. The number of benzene rings is 1. The Kier molecular flexibility index (Phi) is 1.42. The van der Waals surface area contributed by atoms with Gasteiger partial charge in [-0.1, -0.05) is 18.2 Å². The minimum Gasteiger partial charge on any atom is -0.268 e. The third-order valence-electron chi connectivity index (χ3n) is 2.88. The molecule has 0 saturated heterocycles. The minimum atomic E-state index is 0.674. The lowest BCUT2D eigenvalue weighted by Crippen LogP contribution is -2.16. The van der Waals surface area contributed by atoms with Gasteiger partial charge in [0.25, 0.3) is 0 Å². The molecule has 0 atom stereocenters. The second kappa shape index (κ2) is 2.59. The molecule has 0 radical (unpaired) electrons. The quantitative estimate of drug-likeness (QED) is 0.646. The Bertz CT molecular complexity index is 393. The van der Waals surface area contributed by atoms with Crippen molar-refractivity contribution >= 4 is 10.9 Å². The van der Waals surface area contributed by atoms with Crippen LogP contribution in [0.15, 0.2) is 30.5 Å². The fourth-order valence-corrected chi connectivity index (χ4v) is 1.82. The second-order valence-corrected chi connectivity index (χ2v) is 3.75. The average Bonchev–Trinajstić information content (AvgIpc) is 2.43. The highest BCUT2D eigenvalue weighted by atomic mass is 15.3. The predicted octanol–water partition coefficient (Wildman–Crippen LogP) is 2.76. The van der Waals surface area contributed by atoms with Crippen molar-refractivity contribution in [1.82, 2.24) is 9.78 Å². The standard InChI is InChI=1S/C11H12N2/c1-2-7-11-9(4-1)8-13(12-11)10-5-3-6-10/h1-2,4,7-8,10H,3,5-6H2. The normalized spacial score (nSPS) is 17.5. The van der Waals surface area contributed by atoms with Gasteiger partial charge in [0.15, 0.2) is 0 Å². The Morgan fingerprint density at radius 3 is 2.77 bits per heavy atom. The zero-order valence-corrected chi connectivity index (χ0v) is 7.48. The summed E-state index contributed by atoms with van der Waals surface area (Å²) in [7, 11) is 0. The number of hydrogen-bond acceptors (Lipinski definition) is 1. The van der Waals surface area contributed by atoms with Crippen LogP contribution in [0.2, 0.25) is 0 Å². The molecule has 2 heteroatoms. The van der Waals surface area contributed by atoms with Gasteiger partial charge in [-0.2, -0.15) is 5.10 Å². The van der Waals surface area contributed by atoms with E-state index < -0.39 is 0 Å². The molecule has 13 heavy (non-hydrogen) atoms. The van der Waals surface area contributed by atoms with Crippen LogP contribution in [0, 0.1) is 0 Å². The highest BCUT2D eigenvalue weighted by molar-refractivity contribution is 5.77. The van der Waals surface area contributed by atoms with Crippen LogP contribution in [0.5, 0.6) is 0 Å². The molecule has 0 spiro atoms. The van der Waals surface area contributed by atoms with Crippen LogP contribution in [0.25, 0.3) is 10.9 Å². The molecule has 1 aliphatic rings. The number of nitrogens with zero attached hydrogens (tertiary/aromatic N) is 2.